The molecule has 0 N–H and O–H groups in total. The summed E-state index contributed by atoms with van der Waals surface area (Å²) in [6.07, 6.45) is 3.66. The zero-order valence-corrected chi connectivity index (χ0v) is 16.5. The van der Waals surface area contributed by atoms with Crippen LogP contribution in [0.15, 0.2) is 60.7 Å². The predicted molar refractivity (Wildman–Crippen MR) is 113 cm³/mol. The van der Waals surface area contributed by atoms with E-state index in [2.05, 4.69) is 9.88 Å². The Morgan fingerprint density at radius 1 is 0.931 bits per heavy atom. The lowest BCUT2D eigenvalue weighted by atomic mass is 10.2. The van der Waals surface area contributed by atoms with Crippen LogP contribution >= 0.6 is 0 Å². The maximum atomic E-state index is 12.9. The van der Waals surface area contributed by atoms with Gasteiger partial charge >= 0.3 is 0 Å². The van der Waals surface area contributed by atoms with Crippen LogP contribution in [0.5, 0.6) is 11.6 Å². The van der Waals surface area contributed by atoms with Gasteiger partial charge in [-0.25, -0.2) is 4.98 Å². The Kier molecular flexibility index (Phi) is 4.90. The van der Waals surface area contributed by atoms with Crippen molar-refractivity contribution in [1.82, 2.24) is 14.8 Å². The second kappa shape index (κ2) is 7.84. The van der Waals surface area contributed by atoms with E-state index in [0.717, 1.165) is 30.4 Å². The number of ether oxygens (including phenoxy) is 1. The summed E-state index contributed by atoms with van der Waals surface area (Å²) < 4.78 is 5.89. The molecule has 29 heavy (non-hydrogen) atoms. The first-order chi connectivity index (χ1) is 14.3. The Labute approximate surface area is 170 Å². The molecule has 3 heterocycles. The highest BCUT2D eigenvalue weighted by Crippen LogP contribution is 2.25. The number of likely N-dealkylation sites (tertiary alicyclic amines) is 2. The molecule has 2 aliphatic rings. The number of fused-ring (bicyclic) bond motifs is 1. The van der Waals surface area contributed by atoms with Crippen LogP contribution in [0.2, 0.25) is 0 Å². The van der Waals surface area contributed by atoms with Crippen molar-refractivity contribution >= 4 is 16.8 Å². The minimum atomic E-state index is 0.113. The maximum absolute atomic E-state index is 12.9. The topological polar surface area (TPSA) is 45.7 Å². The van der Waals surface area contributed by atoms with Gasteiger partial charge in [0.25, 0.3) is 5.91 Å². The minimum Gasteiger partial charge on any atom is -0.439 e. The standard InChI is InChI=1S/C24H25N3O2/c28-24(27-16-13-20(17-27)26-14-3-4-15-26)19-7-10-21(11-8-19)29-23-12-9-18-5-1-2-6-22(18)25-23/h1-2,5-12,20H,3-4,13-17H2/t20-/m0/s1. The van der Waals surface area contributed by atoms with E-state index in [0.29, 0.717) is 23.2 Å². The van der Waals surface area contributed by atoms with Crippen molar-refractivity contribution in [2.45, 2.75) is 25.3 Å². The van der Waals surface area contributed by atoms with Crippen molar-refractivity contribution in [3.63, 3.8) is 0 Å². The quantitative estimate of drug-likeness (QED) is 0.668. The molecule has 0 bridgehead atoms. The fourth-order valence-corrected chi connectivity index (χ4v) is 4.40. The van der Waals surface area contributed by atoms with Gasteiger partial charge in [-0.15, -0.1) is 0 Å². The van der Waals surface area contributed by atoms with E-state index in [1.54, 1.807) is 0 Å². The summed E-state index contributed by atoms with van der Waals surface area (Å²) >= 11 is 0. The first kappa shape index (κ1) is 18.1. The van der Waals surface area contributed by atoms with Gasteiger partial charge in [0, 0.05) is 36.1 Å². The highest BCUT2D eigenvalue weighted by molar-refractivity contribution is 5.94. The number of amides is 1. The number of nitrogens with zero attached hydrogens (tertiary/aromatic N) is 3. The van der Waals surface area contributed by atoms with Gasteiger partial charge in [0.1, 0.15) is 5.75 Å². The number of benzene rings is 2. The molecule has 0 unspecified atom stereocenters. The molecule has 0 saturated carbocycles. The van der Waals surface area contributed by atoms with Crippen molar-refractivity contribution < 1.29 is 9.53 Å². The van der Waals surface area contributed by atoms with E-state index in [1.807, 2.05) is 65.6 Å². The van der Waals surface area contributed by atoms with Crippen LogP contribution in [0.25, 0.3) is 10.9 Å². The number of pyridine rings is 1. The Balaban J connectivity index is 1.24. The normalized spacial score (nSPS) is 19.7. The minimum absolute atomic E-state index is 0.113. The van der Waals surface area contributed by atoms with Crippen molar-refractivity contribution in [3.05, 3.63) is 66.2 Å². The number of hydrogen-bond donors (Lipinski definition) is 0. The van der Waals surface area contributed by atoms with Gasteiger partial charge in [-0.3, -0.25) is 9.69 Å². The third-order valence-electron chi connectivity index (χ3n) is 6.00. The van der Waals surface area contributed by atoms with E-state index in [9.17, 15) is 4.79 Å². The summed E-state index contributed by atoms with van der Waals surface area (Å²) in [5.74, 6) is 1.35. The van der Waals surface area contributed by atoms with E-state index in [4.69, 9.17) is 4.74 Å². The van der Waals surface area contributed by atoms with Gasteiger partial charge in [-0.2, -0.15) is 0 Å². The van der Waals surface area contributed by atoms with E-state index < -0.39 is 0 Å². The predicted octanol–water partition coefficient (Wildman–Crippen LogP) is 4.34. The number of carbonyl (C=O) groups is 1. The number of aromatic nitrogens is 1. The van der Waals surface area contributed by atoms with Crippen LogP contribution in [0.3, 0.4) is 0 Å². The number of hydrogen-bond acceptors (Lipinski definition) is 4. The van der Waals surface area contributed by atoms with Crippen LogP contribution in [0.1, 0.15) is 29.6 Å². The van der Waals surface area contributed by atoms with E-state index in [-0.39, 0.29) is 5.91 Å². The molecular weight excluding hydrogens is 362 g/mol. The van der Waals surface area contributed by atoms with Gasteiger partial charge in [0.15, 0.2) is 0 Å². The van der Waals surface area contributed by atoms with Crippen molar-refractivity contribution in [2.75, 3.05) is 26.2 Å². The van der Waals surface area contributed by atoms with Crippen LogP contribution in [-0.2, 0) is 0 Å². The highest BCUT2D eigenvalue weighted by Gasteiger charge is 2.31. The SMILES string of the molecule is O=C(c1ccc(Oc2ccc3ccccc3n2)cc1)N1CC[C@H](N2CCCC2)C1. The van der Waals surface area contributed by atoms with Gasteiger partial charge < -0.3 is 9.64 Å². The van der Waals surface area contributed by atoms with Crippen molar-refractivity contribution in [1.29, 1.82) is 0 Å². The second-order valence-electron chi connectivity index (χ2n) is 7.91. The molecular formula is C24H25N3O2. The summed E-state index contributed by atoms with van der Waals surface area (Å²) in [6, 6.07) is 19.7. The van der Waals surface area contributed by atoms with E-state index >= 15 is 0 Å². The summed E-state index contributed by atoms with van der Waals surface area (Å²) in [7, 11) is 0. The van der Waals surface area contributed by atoms with Crippen LogP contribution in [0.4, 0.5) is 0 Å². The van der Waals surface area contributed by atoms with Gasteiger partial charge in [0.05, 0.1) is 5.52 Å². The Morgan fingerprint density at radius 3 is 2.55 bits per heavy atom. The van der Waals surface area contributed by atoms with Crippen molar-refractivity contribution in [3.8, 4) is 11.6 Å². The second-order valence-corrected chi connectivity index (χ2v) is 7.91. The molecule has 2 aliphatic heterocycles. The molecule has 2 aromatic carbocycles. The lowest BCUT2D eigenvalue weighted by Gasteiger charge is -2.23. The van der Waals surface area contributed by atoms with Gasteiger partial charge in [-0.1, -0.05) is 18.2 Å². The van der Waals surface area contributed by atoms with Gasteiger partial charge in [-0.05, 0) is 68.8 Å². The zero-order chi connectivity index (χ0) is 19.6. The zero-order valence-electron chi connectivity index (χ0n) is 16.5. The molecule has 2 fully saturated rings. The molecule has 5 heteroatoms. The Hall–Kier alpha value is -2.92. The summed E-state index contributed by atoms with van der Waals surface area (Å²) in [5.41, 5.74) is 1.62. The highest BCUT2D eigenvalue weighted by atomic mass is 16.5. The molecule has 1 atom stereocenters. The first-order valence-electron chi connectivity index (χ1n) is 10.4. The van der Waals surface area contributed by atoms with Crippen LogP contribution < -0.4 is 4.74 Å². The van der Waals surface area contributed by atoms with Crippen LogP contribution in [0, 0.1) is 0 Å². The molecule has 0 aliphatic carbocycles. The largest absolute Gasteiger partial charge is 0.439 e. The van der Waals surface area contributed by atoms with Gasteiger partial charge in [0.2, 0.25) is 5.88 Å². The summed E-state index contributed by atoms with van der Waals surface area (Å²) in [6.45, 7) is 4.06. The lowest BCUT2D eigenvalue weighted by Crippen LogP contribution is -2.37. The molecule has 1 aromatic heterocycles. The average Bonchev–Trinajstić information content (AvgIpc) is 3.46. The summed E-state index contributed by atoms with van der Waals surface area (Å²) in [5, 5.41) is 1.08. The lowest BCUT2D eigenvalue weighted by molar-refractivity contribution is 0.0780. The van der Waals surface area contributed by atoms with Crippen molar-refractivity contribution in [2.24, 2.45) is 0 Å². The fourth-order valence-electron chi connectivity index (χ4n) is 4.40. The molecule has 148 valence electrons. The fraction of sp³-hybridized carbons (Fsp3) is 0.333. The smallest absolute Gasteiger partial charge is 0.253 e. The first-order valence-corrected chi connectivity index (χ1v) is 10.4. The number of para-hydroxylation sites is 1. The summed E-state index contributed by atoms with van der Waals surface area (Å²) in [4.78, 5) is 21.9. The Bertz CT molecular complexity index is 1010. The molecule has 0 radical (unpaired) electrons. The molecule has 3 aromatic rings. The number of rotatable bonds is 4. The number of carbonyl (C=O) groups excluding carboxylic acids is 1. The molecule has 1 amide bonds. The van der Waals surface area contributed by atoms with E-state index in [1.165, 1.54) is 25.9 Å². The molecule has 5 rings (SSSR count). The Morgan fingerprint density at radius 2 is 1.72 bits per heavy atom. The molecule has 0 spiro atoms. The molecule has 5 nitrogen and oxygen atoms in total. The monoisotopic (exact) mass is 387 g/mol. The average molecular weight is 387 g/mol. The third kappa shape index (κ3) is 3.83. The maximum Gasteiger partial charge on any atom is 0.253 e. The van der Waals surface area contributed by atoms with Crippen LogP contribution in [-0.4, -0.2) is 52.9 Å². The molecule has 2 saturated heterocycles. The third-order valence-corrected chi connectivity index (χ3v) is 6.00.